The predicted octanol–water partition coefficient (Wildman–Crippen LogP) is 2.21. The number of amides is 1. The average molecular weight is 328 g/mol. The second-order valence-electron chi connectivity index (χ2n) is 7.20. The van der Waals surface area contributed by atoms with Crippen molar-refractivity contribution in [1.29, 1.82) is 0 Å². The molecule has 128 valence electrons. The van der Waals surface area contributed by atoms with Crippen LogP contribution in [0.5, 0.6) is 0 Å². The van der Waals surface area contributed by atoms with Crippen molar-refractivity contribution in [3.63, 3.8) is 0 Å². The molecule has 1 aromatic carbocycles. The fourth-order valence-corrected chi connectivity index (χ4v) is 2.92. The molecule has 0 atom stereocenters. The first-order chi connectivity index (χ1) is 11.4. The highest BCUT2D eigenvalue weighted by Crippen LogP contribution is 2.22. The number of hydrogen-bond acceptors (Lipinski definition) is 5. The topological polar surface area (TPSA) is 75.9 Å². The summed E-state index contributed by atoms with van der Waals surface area (Å²) in [5.41, 5.74) is 1.79. The van der Waals surface area contributed by atoms with Crippen LogP contribution in [-0.4, -0.2) is 39.2 Å². The van der Waals surface area contributed by atoms with Crippen molar-refractivity contribution < 1.29 is 4.79 Å². The number of rotatable bonds is 4. The standard InChI is InChI=1S/C17H24N6O/c1-17(2,3)16-19-20-21-23(16)12-15(24)18-13-6-8-14(9-7-13)22-10-4-5-11-22/h6-9H,4-5,10-12H2,1-3H3,(H,18,24). The summed E-state index contributed by atoms with van der Waals surface area (Å²) in [6, 6.07) is 7.99. The Morgan fingerprint density at radius 1 is 1.17 bits per heavy atom. The van der Waals surface area contributed by atoms with Gasteiger partial charge in [-0.05, 0) is 47.5 Å². The van der Waals surface area contributed by atoms with E-state index in [1.165, 1.54) is 18.5 Å². The van der Waals surface area contributed by atoms with E-state index in [0.29, 0.717) is 5.82 Å². The maximum absolute atomic E-state index is 12.3. The lowest BCUT2D eigenvalue weighted by molar-refractivity contribution is -0.117. The second kappa shape index (κ2) is 6.59. The molecule has 0 spiro atoms. The molecule has 1 aromatic heterocycles. The van der Waals surface area contributed by atoms with Crippen LogP contribution in [0.15, 0.2) is 24.3 Å². The summed E-state index contributed by atoms with van der Waals surface area (Å²) in [6.45, 7) is 8.38. The van der Waals surface area contributed by atoms with Crippen LogP contribution in [0.1, 0.15) is 39.4 Å². The van der Waals surface area contributed by atoms with Crippen LogP contribution in [0.3, 0.4) is 0 Å². The lowest BCUT2D eigenvalue weighted by atomic mass is 9.96. The zero-order valence-corrected chi connectivity index (χ0v) is 14.5. The molecule has 0 saturated carbocycles. The van der Waals surface area contributed by atoms with Crippen LogP contribution in [0, 0.1) is 0 Å². The Hall–Kier alpha value is -2.44. The van der Waals surface area contributed by atoms with Crippen molar-refractivity contribution in [3.8, 4) is 0 Å². The summed E-state index contributed by atoms with van der Waals surface area (Å²) < 4.78 is 1.55. The van der Waals surface area contributed by atoms with Crippen molar-refractivity contribution >= 4 is 17.3 Å². The highest BCUT2D eigenvalue weighted by Gasteiger charge is 2.23. The molecular formula is C17H24N6O. The van der Waals surface area contributed by atoms with E-state index in [1.807, 2.05) is 32.9 Å². The van der Waals surface area contributed by atoms with Gasteiger partial charge in [0.15, 0.2) is 5.82 Å². The predicted molar refractivity (Wildman–Crippen MR) is 93.0 cm³/mol. The maximum atomic E-state index is 12.3. The fourth-order valence-electron chi connectivity index (χ4n) is 2.92. The van der Waals surface area contributed by atoms with Gasteiger partial charge >= 0.3 is 0 Å². The van der Waals surface area contributed by atoms with E-state index in [4.69, 9.17) is 0 Å². The third kappa shape index (κ3) is 3.72. The molecule has 0 aliphatic carbocycles. The monoisotopic (exact) mass is 328 g/mol. The van der Waals surface area contributed by atoms with Crippen LogP contribution in [-0.2, 0) is 16.8 Å². The highest BCUT2D eigenvalue weighted by molar-refractivity contribution is 5.90. The third-order valence-electron chi connectivity index (χ3n) is 4.12. The molecule has 0 radical (unpaired) electrons. The number of nitrogens with zero attached hydrogens (tertiary/aromatic N) is 5. The molecule has 1 aliphatic heterocycles. The van der Waals surface area contributed by atoms with E-state index in [9.17, 15) is 4.79 Å². The van der Waals surface area contributed by atoms with Gasteiger partial charge in [0.1, 0.15) is 6.54 Å². The Morgan fingerprint density at radius 3 is 2.46 bits per heavy atom. The minimum atomic E-state index is -0.207. The Labute approximate surface area is 142 Å². The van der Waals surface area contributed by atoms with Gasteiger partial charge in [0.2, 0.25) is 5.91 Å². The minimum absolute atomic E-state index is 0.105. The molecule has 2 heterocycles. The van der Waals surface area contributed by atoms with Crippen LogP contribution in [0.2, 0.25) is 0 Å². The van der Waals surface area contributed by atoms with E-state index in [1.54, 1.807) is 4.68 Å². The van der Waals surface area contributed by atoms with Crippen molar-refractivity contribution in [2.24, 2.45) is 0 Å². The zero-order valence-electron chi connectivity index (χ0n) is 14.5. The van der Waals surface area contributed by atoms with E-state index >= 15 is 0 Å². The van der Waals surface area contributed by atoms with Crippen molar-refractivity contribution in [2.75, 3.05) is 23.3 Å². The van der Waals surface area contributed by atoms with E-state index < -0.39 is 0 Å². The Morgan fingerprint density at radius 2 is 1.83 bits per heavy atom. The number of aromatic nitrogens is 4. The number of benzene rings is 1. The Bertz CT molecular complexity index is 695. The molecule has 3 rings (SSSR count). The van der Waals surface area contributed by atoms with E-state index in [2.05, 4.69) is 37.9 Å². The summed E-state index contributed by atoms with van der Waals surface area (Å²) in [6.07, 6.45) is 2.50. The molecule has 1 aliphatic rings. The number of tetrazole rings is 1. The molecule has 1 fully saturated rings. The van der Waals surface area contributed by atoms with Crippen LogP contribution < -0.4 is 10.2 Å². The van der Waals surface area contributed by atoms with Gasteiger partial charge in [0, 0.05) is 29.9 Å². The average Bonchev–Trinajstić information content (AvgIpc) is 3.18. The molecule has 1 amide bonds. The van der Waals surface area contributed by atoms with Crippen molar-refractivity contribution in [1.82, 2.24) is 20.2 Å². The van der Waals surface area contributed by atoms with Crippen LogP contribution >= 0.6 is 0 Å². The Balaban J connectivity index is 1.62. The van der Waals surface area contributed by atoms with Gasteiger partial charge in [-0.15, -0.1) is 5.10 Å². The lowest BCUT2D eigenvalue weighted by Gasteiger charge is -2.18. The quantitative estimate of drug-likeness (QED) is 0.931. The van der Waals surface area contributed by atoms with Gasteiger partial charge < -0.3 is 10.2 Å². The first-order valence-electron chi connectivity index (χ1n) is 8.35. The number of carbonyl (C=O) groups excluding carboxylic acids is 1. The number of nitrogens with one attached hydrogen (secondary N) is 1. The van der Waals surface area contributed by atoms with Gasteiger partial charge in [-0.3, -0.25) is 4.79 Å². The first-order valence-corrected chi connectivity index (χ1v) is 8.35. The molecule has 0 bridgehead atoms. The van der Waals surface area contributed by atoms with Crippen molar-refractivity contribution in [3.05, 3.63) is 30.1 Å². The Kier molecular flexibility index (Phi) is 4.51. The summed E-state index contributed by atoms with van der Waals surface area (Å²) in [5, 5.41) is 14.5. The van der Waals surface area contributed by atoms with Gasteiger partial charge in [-0.1, -0.05) is 20.8 Å². The summed E-state index contributed by atoms with van der Waals surface area (Å²) in [5.74, 6) is 0.559. The van der Waals surface area contributed by atoms with Crippen molar-refractivity contribution in [2.45, 2.75) is 45.6 Å². The molecule has 7 heteroatoms. The summed E-state index contributed by atoms with van der Waals surface area (Å²) >= 11 is 0. The number of carbonyl (C=O) groups is 1. The lowest BCUT2D eigenvalue weighted by Crippen LogP contribution is -2.25. The number of hydrogen-bond donors (Lipinski definition) is 1. The van der Waals surface area contributed by atoms with Crippen LogP contribution in [0.25, 0.3) is 0 Å². The van der Waals surface area contributed by atoms with Gasteiger partial charge in [0.05, 0.1) is 0 Å². The molecular weight excluding hydrogens is 304 g/mol. The van der Waals surface area contributed by atoms with Gasteiger partial charge in [-0.25, -0.2) is 4.68 Å². The highest BCUT2D eigenvalue weighted by atomic mass is 16.2. The first kappa shape index (κ1) is 16.4. The minimum Gasteiger partial charge on any atom is -0.372 e. The molecule has 2 aromatic rings. The molecule has 1 saturated heterocycles. The molecule has 1 N–H and O–H groups in total. The zero-order chi connectivity index (χ0) is 17.2. The van der Waals surface area contributed by atoms with E-state index in [0.717, 1.165) is 18.8 Å². The largest absolute Gasteiger partial charge is 0.372 e. The van der Waals surface area contributed by atoms with Gasteiger partial charge in [0.25, 0.3) is 0 Å². The molecule has 24 heavy (non-hydrogen) atoms. The summed E-state index contributed by atoms with van der Waals surface area (Å²) in [7, 11) is 0. The molecule has 0 unspecified atom stereocenters. The van der Waals surface area contributed by atoms with Crippen LogP contribution in [0.4, 0.5) is 11.4 Å². The smallest absolute Gasteiger partial charge is 0.246 e. The third-order valence-corrected chi connectivity index (χ3v) is 4.12. The number of anilines is 2. The normalized spacial score (nSPS) is 14.9. The molecule has 7 nitrogen and oxygen atoms in total. The van der Waals surface area contributed by atoms with E-state index in [-0.39, 0.29) is 17.9 Å². The maximum Gasteiger partial charge on any atom is 0.246 e. The fraction of sp³-hybridized carbons (Fsp3) is 0.529. The summed E-state index contributed by atoms with van der Waals surface area (Å²) in [4.78, 5) is 14.6. The van der Waals surface area contributed by atoms with Gasteiger partial charge in [-0.2, -0.15) is 0 Å². The SMILES string of the molecule is CC(C)(C)c1nnnn1CC(=O)Nc1ccc(N2CCCC2)cc1. The second-order valence-corrected chi connectivity index (χ2v) is 7.20.